The van der Waals surface area contributed by atoms with E-state index in [-0.39, 0.29) is 198 Å². The summed E-state index contributed by atoms with van der Waals surface area (Å²) in [7, 11) is -5.51. The van der Waals surface area contributed by atoms with E-state index in [2.05, 4.69) is 192 Å². The zero-order valence-corrected chi connectivity index (χ0v) is 93.3. The number of aliphatic hydroxyl groups is 2. The first-order valence-corrected chi connectivity index (χ1v) is 63.5. The third-order valence-corrected chi connectivity index (χ3v) is 58.8. The molecule has 142 heavy (non-hydrogen) atoms. The van der Waals surface area contributed by atoms with Crippen molar-refractivity contribution in [2.75, 3.05) is 13.2 Å². The van der Waals surface area contributed by atoms with Gasteiger partial charge >= 0.3 is 5.97 Å². The number of esters is 1. The van der Waals surface area contributed by atoms with Gasteiger partial charge in [0.25, 0.3) is 0 Å². The third kappa shape index (κ3) is 20.4. The molecule has 20 rings (SSSR count). The number of fused-ring (bicyclic) bond motifs is 32. The number of hydrogen-bond donors (Lipinski definition) is 2. The smallest absolute Gasteiger partial charge is 0.367 e. The largest absolute Gasteiger partial charge is 0.461 e. The third-order valence-electron chi connectivity index (χ3n) is 45.2. The molecule has 0 aromatic carbocycles. The average Bonchev–Trinajstić information content (AvgIpc) is 1.50. The second-order valence-corrected chi connectivity index (χ2v) is 71.1. The molecule has 0 aromatic heterocycles. The summed E-state index contributed by atoms with van der Waals surface area (Å²) < 4.78 is 95.3. The number of halogens is 1. The Morgan fingerprint density at radius 3 is 0.873 bits per heavy atom. The fourth-order valence-corrected chi connectivity index (χ4v) is 39.6. The minimum Gasteiger partial charge on any atom is -0.461 e. The molecule has 0 amide bonds. The van der Waals surface area contributed by atoms with E-state index in [9.17, 15) is 24.6 Å². The van der Waals surface area contributed by atoms with Crippen molar-refractivity contribution in [2.45, 2.75) is 577 Å². The van der Waals surface area contributed by atoms with Gasteiger partial charge in [-0.25, -0.2) is 4.79 Å². The molecular weight excluding hydrogens is 1830 g/mol. The Hall–Kier alpha value is -1.65. The van der Waals surface area contributed by atoms with Crippen LogP contribution in [0.5, 0.6) is 0 Å². The molecule has 826 valence electrons. The van der Waals surface area contributed by atoms with E-state index in [1.54, 1.807) is 12.5 Å². The Labute approximate surface area is 872 Å². The van der Waals surface area contributed by atoms with Crippen LogP contribution in [-0.2, 0) is 70.3 Å². The molecule has 4 aliphatic heterocycles. The molecular formula is C121H221FO17Si3. The van der Waals surface area contributed by atoms with Gasteiger partial charge in [-0.05, 0) is 429 Å². The number of rotatable bonds is 9. The Morgan fingerprint density at radius 2 is 0.592 bits per heavy atom. The maximum atomic E-state index is 15.5. The molecule has 4 heterocycles. The predicted molar refractivity (Wildman–Crippen MR) is 586 cm³/mol. The summed E-state index contributed by atoms with van der Waals surface area (Å²) in [6, 6.07) is 0. The van der Waals surface area contributed by atoms with E-state index >= 15 is 4.39 Å². The number of allylic oxidation sites excluding steroid dienone is 2. The lowest BCUT2D eigenvalue weighted by Gasteiger charge is -2.63. The summed E-state index contributed by atoms with van der Waals surface area (Å²) in [5, 5.41) is 21.0. The Bertz CT molecular complexity index is 4460. The molecule has 2 N–H and O–H groups in total. The molecule has 4 saturated heterocycles. The lowest BCUT2D eigenvalue weighted by atomic mass is 9.43. The van der Waals surface area contributed by atoms with Crippen molar-refractivity contribution < 1.29 is 84.9 Å². The highest BCUT2D eigenvalue weighted by Crippen LogP contribution is 2.76. The molecule has 0 bridgehead atoms. The lowest BCUT2D eigenvalue weighted by Crippen LogP contribution is -2.63. The average molecular weight is 2050 g/mol. The second-order valence-electron chi connectivity index (χ2n) is 56.9. The molecule has 36 atom stereocenters. The Morgan fingerprint density at radius 1 is 0.345 bits per heavy atom. The Balaban J connectivity index is 0.000000209. The van der Waals surface area contributed by atoms with Crippen LogP contribution in [0, 0.1) is 138 Å². The van der Waals surface area contributed by atoms with Crippen molar-refractivity contribution in [3.8, 4) is 0 Å². The Kier molecular flexibility index (Phi) is 36.2. The van der Waals surface area contributed by atoms with Crippen molar-refractivity contribution in [3.63, 3.8) is 0 Å². The van der Waals surface area contributed by atoms with Crippen molar-refractivity contribution >= 4 is 42.5 Å². The fourth-order valence-electron chi connectivity index (χ4n) is 35.3. The standard InChI is InChI=1S/C32H53FO5Si.C31H54O4Si.C28H48O4Si.C22H34O4.8CH4/c1-11-35-28(34)25(33)22-13-12-20-24-21(15-17-31(20,22)7)32(8)16-14-19(38-39(9,10)29(2,3)4)18-23(32)26-27(24)37-30(5,6)36-26;1-19(18-32)21-11-12-22-25-23(14-16-30(21,22)7)31(8)15-13-20(35-36(9,10)28(2,3)4)17-24(31)26-27(25)34-29(5,6)33-26;1-25(2,3)33(8,9)32-17-12-14-27(6)19-13-15-28(7)18(10-11-21(28)29)22(19)24-23(20(27)16-17)30-26(4,5)31-24;1-20(2)25-18-15-11-12(23)7-9-21(15,3)14-8-10-22(4)13(5-6-16(22)24)17(14)19(18)26-20;;;;;;;;/h19-21,23-24,26-27H,11-18H2,1-10H3;20,22-27,32H,11-18H2,1-10H3;17-20,22-24H,10-16H2,1-9H3;12-15,17-19,23H,5-11H2,1-4H3;8*1H4/b25-22+;21-19-;;;;;;;;;;/t19-,20?,21?,23?,24?,26+,27+,31-,32+;20-,22?,23?,24?,25?,26+,27+,30+,31+;17-,18?,19?,20?,22?,23+,24+,27+,28-;12-,13?,14?,15?,17?,18+,19+,21+,22-;;;;;;;;/m0000......../s1. The van der Waals surface area contributed by atoms with Crippen LogP contribution in [0.3, 0.4) is 0 Å². The summed E-state index contributed by atoms with van der Waals surface area (Å²) in [5.41, 5.74) is 3.84. The van der Waals surface area contributed by atoms with Gasteiger partial charge in [-0.1, -0.05) is 183 Å². The topological polar surface area (TPSA) is 202 Å². The van der Waals surface area contributed by atoms with E-state index in [0.29, 0.717) is 125 Å². The highest BCUT2D eigenvalue weighted by Gasteiger charge is 2.75. The molecule has 17 nitrogen and oxygen atoms in total. The normalized spacial score (nSPS) is 46.4. The van der Waals surface area contributed by atoms with E-state index < -0.39 is 59.9 Å². The van der Waals surface area contributed by atoms with Crippen LogP contribution in [0.2, 0.25) is 54.4 Å². The van der Waals surface area contributed by atoms with Gasteiger partial charge in [-0.15, -0.1) is 0 Å². The van der Waals surface area contributed by atoms with Crippen molar-refractivity contribution in [2.24, 2.45) is 138 Å². The number of aliphatic hydroxyl groups excluding tert-OH is 2. The van der Waals surface area contributed by atoms with Crippen LogP contribution >= 0.6 is 0 Å². The summed E-state index contributed by atoms with van der Waals surface area (Å²) in [6.07, 6.45) is 30.8. The number of carbonyl (C=O) groups excluding carboxylic acids is 3. The summed E-state index contributed by atoms with van der Waals surface area (Å²) in [6.45, 7) is 75.5. The first-order chi connectivity index (χ1) is 61.7. The van der Waals surface area contributed by atoms with Crippen LogP contribution in [0.25, 0.3) is 0 Å². The van der Waals surface area contributed by atoms with E-state index in [0.717, 1.165) is 135 Å². The van der Waals surface area contributed by atoms with Crippen LogP contribution < -0.4 is 0 Å². The van der Waals surface area contributed by atoms with Crippen LogP contribution in [0.15, 0.2) is 22.5 Å². The zero-order chi connectivity index (χ0) is 97.9. The predicted octanol–water partition coefficient (Wildman–Crippen LogP) is 30.9. The van der Waals surface area contributed by atoms with Crippen molar-refractivity contribution in [1.29, 1.82) is 0 Å². The first kappa shape index (κ1) is 124. The molecule has 20 fully saturated rings. The van der Waals surface area contributed by atoms with Gasteiger partial charge in [0, 0.05) is 42.0 Å². The molecule has 0 radical (unpaired) electrons. The highest BCUT2D eigenvalue weighted by atomic mass is 28.4. The highest BCUT2D eigenvalue weighted by molar-refractivity contribution is 6.75. The summed E-state index contributed by atoms with van der Waals surface area (Å²) in [5.74, 6) is 4.83. The van der Waals surface area contributed by atoms with Gasteiger partial charge in [0.15, 0.2) is 48.1 Å². The quantitative estimate of drug-likeness (QED) is 0.0954. The van der Waals surface area contributed by atoms with Gasteiger partial charge < -0.3 is 66.1 Å². The van der Waals surface area contributed by atoms with Crippen LogP contribution in [-0.4, -0.2) is 162 Å². The molecule has 16 aliphatic carbocycles. The number of ketones is 2. The molecule has 16 saturated carbocycles. The molecule has 0 aromatic rings. The maximum absolute atomic E-state index is 15.5. The van der Waals surface area contributed by atoms with E-state index in [1.807, 2.05) is 27.7 Å². The van der Waals surface area contributed by atoms with Crippen LogP contribution in [0.1, 0.15) is 426 Å². The summed E-state index contributed by atoms with van der Waals surface area (Å²) >= 11 is 0. The summed E-state index contributed by atoms with van der Waals surface area (Å²) in [4.78, 5) is 38.1. The van der Waals surface area contributed by atoms with Gasteiger partial charge in [0.1, 0.15) is 11.6 Å². The maximum Gasteiger partial charge on any atom is 0.367 e. The minimum absolute atomic E-state index is 0. The monoisotopic (exact) mass is 2050 g/mol. The number of hydrogen-bond acceptors (Lipinski definition) is 17. The second kappa shape index (κ2) is 41.6. The number of ether oxygens (including phenoxy) is 9. The van der Waals surface area contributed by atoms with Gasteiger partial charge in [0.2, 0.25) is 5.83 Å². The minimum atomic E-state index is -1.88. The SMILES string of the molecule is C.C.C.C.C.C.C.C.C/C(CO)=C1\CCC2C3C(CC[C@]12C)[C@@]1(C)CC[C@H](O[Si](C)(C)C(C)(C)C)CC1[C@H]1OC(C)(C)O[C@H]31.CC1(C)O[C@@H]2C3C(CC[C@]4(C)C(=O)CCC34)[C@@]3(C)CC[C@H](O)CC3[C@H]2O1.CC1(C)O[C@@H]2C3C(CC[C@]4(C)C(=O)CCC34)[C@@]3(C)CC[C@H](O[Si](C)(C)C(C)(C)C)CC3[C@H]2O1.CCOC(=O)/C(F)=C1/CCC2C3C(CC[C@]12C)[C@@]1(C)CC[C@H](O[Si](C)(C)C(C)(C)C)CC1[C@H]1OC(C)(C)O[C@H]31. The molecule has 16 unspecified atom stereocenters. The van der Waals surface area contributed by atoms with E-state index in [4.69, 9.17) is 55.9 Å². The van der Waals surface area contributed by atoms with Gasteiger partial charge in [0.05, 0.1) is 68.1 Å². The number of Topliss-reactive ketones (excluding diaryl/α,β-unsaturated/α-hetero) is 2. The van der Waals surface area contributed by atoms with Gasteiger partial charge in [-0.2, -0.15) is 4.39 Å². The van der Waals surface area contributed by atoms with E-state index in [1.165, 1.54) is 44.1 Å². The molecule has 21 heteroatoms. The van der Waals surface area contributed by atoms with Crippen LogP contribution in [0.4, 0.5) is 4.39 Å². The fraction of sp³-hybridized carbons (Fsp3) is 0.942. The van der Waals surface area contributed by atoms with Crippen molar-refractivity contribution in [1.82, 2.24) is 0 Å². The number of carbonyl (C=O) groups is 3. The lowest BCUT2D eigenvalue weighted by molar-refractivity contribution is -0.186. The zero-order valence-electron chi connectivity index (χ0n) is 90.3. The molecule has 0 spiro atoms. The van der Waals surface area contributed by atoms with Crippen molar-refractivity contribution in [3.05, 3.63) is 22.5 Å². The molecule has 20 aliphatic rings. The first-order valence-electron chi connectivity index (χ1n) is 54.8. The van der Waals surface area contributed by atoms with Gasteiger partial charge in [-0.3, -0.25) is 9.59 Å².